The van der Waals surface area contributed by atoms with Crippen LogP contribution < -0.4 is 10.6 Å². The summed E-state index contributed by atoms with van der Waals surface area (Å²) < 4.78 is 0. The Labute approximate surface area is 208 Å². The van der Waals surface area contributed by atoms with Crippen molar-refractivity contribution in [1.82, 2.24) is 10.2 Å². The van der Waals surface area contributed by atoms with E-state index < -0.39 is 17.4 Å². The second kappa shape index (κ2) is 8.33. The SMILES string of the molecule is O=C1[C@H]2[C@@H](C(=O)N1CCc1ccccc1)[C@]1(N[C@@H]2Cc2ccccc2)C(=O)Nc2c(Cl)cccc21. The third-order valence-electron chi connectivity index (χ3n) is 7.56. The van der Waals surface area contributed by atoms with E-state index in [2.05, 4.69) is 10.6 Å². The number of halogens is 1. The van der Waals surface area contributed by atoms with Gasteiger partial charge in [-0.15, -0.1) is 0 Å². The van der Waals surface area contributed by atoms with E-state index in [4.69, 9.17) is 11.6 Å². The highest BCUT2D eigenvalue weighted by atomic mass is 35.5. The van der Waals surface area contributed by atoms with Gasteiger partial charge in [0.15, 0.2) is 0 Å². The first-order chi connectivity index (χ1) is 17.0. The van der Waals surface area contributed by atoms with Crippen LogP contribution in [0.2, 0.25) is 5.02 Å². The number of anilines is 1. The molecule has 6 rings (SSSR count). The lowest BCUT2D eigenvalue weighted by molar-refractivity contribution is -0.142. The van der Waals surface area contributed by atoms with Crippen LogP contribution >= 0.6 is 11.6 Å². The standard InChI is InChI=1S/C28H24ClN3O3/c29-20-13-7-12-19-24(20)30-27(35)28(19)23-22(21(31-28)16-18-10-5-2-6-11-18)25(33)32(26(23)34)15-14-17-8-3-1-4-9-17/h1-13,21-23,31H,14-16H2,(H,30,35)/t21-,22-,23+,28+/m1/s1. The molecule has 0 radical (unpaired) electrons. The summed E-state index contributed by atoms with van der Waals surface area (Å²) in [5, 5.41) is 6.77. The van der Waals surface area contributed by atoms with Crippen LogP contribution in [0.1, 0.15) is 16.7 Å². The summed E-state index contributed by atoms with van der Waals surface area (Å²) in [4.78, 5) is 42.6. The number of rotatable bonds is 5. The molecule has 0 aliphatic carbocycles. The molecule has 2 N–H and O–H groups in total. The molecular weight excluding hydrogens is 462 g/mol. The molecule has 3 aromatic rings. The van der Waals surface area contributed by atoms with Crippen LogP contribution in [0.4, 0.5) is 5.69 Å². The summed E-state index contributed by atoms with van der Waals surface area (Å²) in [7, 11) is 0. The largest absolute Gasteiger partial charge is 0.323 e. The van der Waals surface area contributed by atoms with Crippen LogP contribution in [0.5, 0.6) is 0 Å². The Kier molecular flexibility index (Phi) is 5.24. The number of amides is 3. The molecule has 3 heterocycles. The van der Waals surface area contributed by atoms with E-state index in [9.17, 15) is 14.4 Å². The van der Waals surface area contributed by atoms with Gasteiger partial charge >= 0.3 is 0 Å². The van der Waals surface area contributed by atoms with Gasteiger partial charge in [0.25, 0.3) is 0 Å². The smallest absolute Gasteiger partial charge is 0.250 e. The van der Waals surface area contributed by atoms with Crippen molar-refractivity contribution in [1.29, 1.82) is 0 Å². The lowest BCUT2D eigenvalue weighted by Crippen LogP contribution is -2.53. The van der Waals surface area contributed by atoms with Gasteiger partial charge in [0.05, 0.1) is 22.5 Å². The van der Waals surface area contributed by atoms with Crippen molar-refractivity contribution < 1.29 is 14.4 Å². The van der Waals surface area contributed by atoms with Crippen LogP contribution in [0.15, 0.2) is 78.9 Å². The Morgan fingerprint density at radius 3 is 2.23 bits per heavy atom. The number of nitrogens with zero attached hydrogens (tertiary/aromatic N) is 1. The number of fused-ring (bicyclic) bond motifs is 4. The molecular formula is C28H24ClN3O3. The minimum absolute atomic E-state index is 0.218. The van der Waals surface area contributed by atoms with Crippen LogP contribution in [0, 0.1) is 11.8 Å². The van der Waals surface area contributed by atoms with E-state index in [0.717, 1.165) is 11.1 Å². The third-order valence-corrected chi connectivity index (χ3v) is 7.87. The fourth-order valence-corrected chi connectivity index (χ4v) is 6.22. The average Bonchev–Trinajstić information content (AvgIpc) is 3.45. The van der Waals surface area contributed by atoms with E-state index in [1.54, 1.807) is 12.1 Å². The number of benzene rings is 3. The summed E-state index contributed by atoms with van der Waals surface area (Å²) in [6, 6.07) is 24.5. The van der Waals surface area contributed by atoms with E-state index in [0.29, 0.717) is 29.1 Å². The Balaban J connectivity index is 1.41. The number of hydrogen-bond acceptors (Lipinski definition) is 4. The van der Waals surface area contributed by atoms with Crippen molar-refractivity contribution >= 4 is 35.0 Å². The van der Waals surface area contributed by atoms with Gasteiger partial charge in [-0.3, -0.25) is 24.6 Å². The van der Waals surface area contributed by atoms with E-state index in [1.807, 2.05) is 66.7 Å². The predicted octanol–water partition coefficient (Wildman–Crippen LogP) is 3.55. The molecule has 2 fully saturated rings. The van der Waals surface area contributed by atoms with Gasteiger partial charge in [-0.05, 0) is 30.0 Å². The zero-order valence-corrected chi connectivity index (χ0v) is 19.7. The number of likely N-dealkylation sites (tertiary alicyclic amines) is 1. The second-order valence-electron chi connectivity index (χ2n) is 9.43. The fraction of sp³-hybridized carbons (Fsp3) is 0.250. The number of para-hydroxylation sites is 1. The maximum Gasteiger partial charge on any atom is 0.250 e. The molecule has 0 saturated carbocycles. The Morgan fingerprint density at radius 1 is 0.829 bits per heavy atom. The monoisotopic (exact) mass is 485 g/mol. The molecule has 35 heavy (non-hydrogen) atoms. The number of hydrogen-bond donors (Lipinski definition) is 2. The molecule has 0 aromatic heterocycles. The van der Waals surface area contributed by atoms with Crippen LogP contribution in [0.25, 0.3) is 0 Å². The van der Waals surface area contributed by atoms with Crippen LogP contribution in [-0.4, -0.2) is 35.2 Å². The van der Waals surface area contributed by atoms with Gasteiger partial charge in [0.1, 0.15) is 5.54 Å². The van der Waals surface area contributed by atoms with Crippen LogP contribution in [-0.2, 0) is 32.8 Å². The Morgan fingerprint density at radius 2 is 1.51 bits per heavy atom. The van der Waals surface area contributed by atoms with Crippen LogP contribution in [0.3, 0.4) is 0 Å². The van der Waals surface area contributed by atoms with Gasteiger partial charge in [-0.2, -0.15) is 0 Å². The van der Waals surface area contributed by atoms with Crippen molar-refractivity contribution in [3.05, 3.63) is 101 Å². The second-order valence-corrected chi connectivity index (χ2v) is 9.84. The summed E-state index contributed by atoms with van der Waals surface area (Å²) in [5.74, 6) is -2.34. The summed E-state index contributed by atoms with van der Waals surface area (Å²) >= 11 is 6.41. The average molecular weight is 486 g/mol. The highest BCUT2D eigenvalue weighted by Gasteiger charge is 2.70. The lowest BCUT2D eigenvalue weighted by Gasteiger charge is -2.29. The molecule has 3 aliphatic heterocycles. The van der Waals surface area contributed by atoms with Gasteiger partial charge in [0, 0.05) is 18.2 Å². The maximum atomic E-state index is 13.9. The third kappa shape index (κ3) is 3.32. The summed E-state index contributed by atoms with van der Waals surface area (Å²) in [6.45, 7) is 0.285. The van der Waals surface area contributed by atoms with E-state index >= 15 is 0 Å². The lowest BCUT2D eigenvalue weighted by atomic mass is 9.76. The zero-order valence-electron chi connectivity index (χ0n) is 18.9. The molecule has 6 nitrogen and oxygen atoms in total. The summed E-state index contributed by atoms with van der Waals surface area (Å²) in [6.07, 6.45) is 1.09. The van der Waals surface area contributed by atoms with Crippen molar-refractivity contribution in [2.75, 3.05) is 11.9 Å². The topological polar surface area (TPSA) is 78.5 Å². The highest BCUT2D eigenvalue weighted by Crippen LogP contribution is 2.54. The van der Waals surface area contributed by atoms with Gasteiger partial charge in [-0.25, -0.2) is 0 Å². The van der Waals surface area contributed by atoms with Gasteiger partial charge in [0.2, 0.25) is 17.7 Å². The first-order valence-electron chi connectivity index (χ1n) is 11.8. The van der Waals surface area contributed by atoms with Gasteiger partial charge in [-0.1, -0.05) is 84.4 Å². The molecule has 0 bridgehead atoms. The highest BCUT2D eigenvalue weighted by molar-refractivity contribution is 6.35. The molecule has 2 saturated heterocycles. The number of nitrogens with one attached hydrogen (secondary N) is 2. The van der Waals surface area contributed by atoms with Gasteiger partial charge < -0.3 is 5.32 Å². The quantitative estimate of drug-likeness (QED) is 0.542. The molecule has 3 aliphatic rings. The number of carbonyl (C=O) groups is 3. The normalized spacial score (nSPS) is 26.8. The Bertz CT molecular complexity index is 1330. The zero-order chi connectivity index (χ0) is 24.2. The molecule has 176 valence electrons. The van der Waals surface area contributed by atoms with E-state index in [1.165, 1.54) is 4.90 Å². The minimum Gasteiger partial charge on any atom is -0.323 e. The molecule has 0 unspecified atom stereocenters. The molecule has 1 spiro atoms. The molecule has 7 heteroatoms. The van der Waals surface area contributed by atoms with Crippen molar-refractivity contribution in [2.45, 2.75) is 24.4 Å². The Hall–Kier alpha value is -3.48. The fourth-order valence-electron chi connectivity index (χ4n) is 6.00. The van der Waals surface area contributed by atoms with E-state index in [-0.39, 0.29) is 30.3 Å². The number of imide groups is 1. The predicted molar refractivity (Wildman–Crippen MR) is 133 cm³/mol. The molecule has 3 amide bonds. The minimum atomic E-state index is -1.33. The molecule has 4 atom stereocenters. The van der Waals surface area contributed by atoms with Crippen molar-refractivity contribution in [3.8, 4) is 0 Å². The molecule has 3 aromatic carbocycles. The first-order valence-corrected chi connectivity index (χ1v) is 12.2. The number of carbonyl (C=O) groups excluding carboxylic acids is 3. The summed E-state index contributed by atoms with van der Waals surface area (Å²) in [5.41, 5.74) is 1.89. The van der Waals surface area contributed by atoms with Crippen molar-refractivity contribution in [3.63, 3.8) is 0 Å². The maximum absolute atomic E-state index is 13.9. The first kappa shape index (κ1) is 22.0. The van der Waals surface area contributed by atoms with Crippen molar-refractivity contribution in [2.24, 2.45) is 11.8 Å².